The van der Waals surface area contributed by atoms with E-state index in [0.29, 0.717) is 6.04 Å². The zero-order chi connectivity index (χ0) is 12.9. The summed E-state index contributed by atoms with van der Waals surface area (Å²) in [7, 11) is 1.45. The summed E-state index contributed by atoms with van der Waals surface area (Å²) >= 11 is 0. The molecule has 0 aromatic heterocycles. The number of nitrogens with one attached hydrogen (secondary N) is 1. The van der Waals surface area contributed by atoms with Gasteiger partial charge in [0, 0.05) is 6.04 Å². The maximum absolute atomic E-state index is 11.6. The van der Waals surface area contributed by atoms with Gasteiger partial charge in [-0.3, -0.25) is 10.1 Å². The maximum Gasteiger partial charge on any atom is 0.325 e. The van der Waals surface area contributed by atoms with Crippen LogP contribution >= 0.6 is 0 Å². The van der Waals surface area contributed by atoms with E-state index in [9.17, 15) is 4.79 Å². The van der Waals surface area contributed by atoms with Gasteiger partial charge in [-0.15, -0.1) is 0 Å². The molecule has 1 aliphatic rings. The molecule has 0 atom stereocenters. The highest BCUT2D eigenvalue weighted by Gasteiger charge is 2.32. The van der Waals surface area contributed by atoms with Crippen molar-refractivity contribution in [1.29, 1.82) is 0 Å². The lowest BCUT2D eigenvalue weighted by atomic mass is 9.82. The molecule has 0 amide bonds. The molecule has 3 heteroatoms. The summed E-state index contributed by atoms with van der Waals surface area (Å²) in [6.07, 6.45) is 7.60. The van der Waals surface area contributed by atoms with Gasteiger partial charge in [0.15, 0.2) is 0 Å². The number of hydrogen-bond donors (Lipinski definition) is 1. The third kappa shape index (κ3) is 4.30. The van der Waals surface area contributed by atoms with Gasteiger partial charge in [-0.2, -0.15) is 0 Å². The lowest BCUT2D eigenvalue weighted by Gasteiger charge is -2.34. The number of methoxy groups -OCH3 is 1. The minimum absolute atomic E-state index is 0.173. The molecular weight excluding hydrogens is 214 g/mol. The molecule has 0 spiro atoms. The molecule has 0 heterocycles. The summed E-state index contributed by atoms with van der Waals surface area (Å²) in [6.45, 7) is 6.05. The summed E-state index contributed by atoms with van der Waals surface area (Å²) in [5.41, 5.74) is -0.559. The van der Waals surface area contributed by atoms with Crippen LogP contribution in [0.15, 0.2) is 0 Å². The van der Waals surface area contributed by atoms with Crippen molar-refractivity contribution in [3.63, 3.8) is 0 Å². The van der Waals surface area contributed by atoms with E-state index in [1.807, 2.05) is 13.8 Å². The smallest absolute Gasteiger partial charge is 0.325 e. The predicted octanol–water partition coefficient (Wildman–Crippen LogP) is 2.89. The second-order valence-corrected chi connectivity index (χ2v) is 5.77. The Morgan fingerprint density at radius 2 is 1.88 bits per heavy atom. The van der Waals surface area contributed by atoms with Gasteiger partial charge in [0.05, 0.1) is 7.11 Å². The Kier molecular flexibility index (Phi) is 5.44. The molecule has 1 N–H and O–H groups in total. The first-order valence-electron chi connectivity index (χ1n) is 6.85. The Morgan fingerprint density at radius 3 is 2.35 bits per heavy atom. The van der Waals surface area contributed by atoms with Crippen molar-refractivity contribution in [1.82, 2.24) is 5.32 Å². The predicted molar refractivity (Wildman–Crippen MR) is 69.9 cm³/mol. The Morgan fingerprint density at radius 1 is 1.29 bits per heavy atom. The molecule has 0 aliphatic heterocycles. The van der Waals surface area contributed by atoms with Crippen LogP contribution in [0.1, 0.15) is 59.3 Å². The number of ether oxygens (including phenoxy) is 1. The summed E-state index contributed by atoms with van der Waals surface area (Å²) in [5.74, 6) is 0.729. The molecule has 1 saturated carbocycles. The van der Waals surface area contributed by atoms with Crippen LogP contribution < -0.4 is 5.32 Å². The number of hydrogen-bond acceptors (Lipinski definition) is 3. The van der Waals surface area contributed by atoms with Gasteiger partial charge in [0.2, 0.25) is 0 Å². The minimum Gasteiger partial charge on any atom is -0.468 e. The maximum atomic E-state index is 11.6. The van der Waals surface area contributed by atoms with E-state index in [-0.39, 0.29) is 5.97 Å². The van der Waals surface area contributed by atoms with Crippen LogP contribution in [0.25, 0.3) is 0 Å². The molecule has 1 rings (SSSR count). The highest BCUT2D eigenvalue weighted by atomic mass is 16.5. The van der Waals surface area contributed by atoms with Crippen LogP contribution in [0, 0.1) is 5.92 Å². The van der Waals surface area contributed by atoms with Crippen molar-refractivity contribution in [2.45, 2.75) is 70.9 Å². The lowest BCUT2D eigenvalue weighted by molar-refractivity contribution is -0.147. The summed E-state index contributed by atoms with van der Waals surface area (Å²) in [6, 6.07) is 0.470. The minimum atomic E-state index is -0.559. The van der Waals surface area contributed by atoms with E-state index in [2.05, 4.69) is 12.2 Å². The molecular formula is C14H27NO2. The molecule has 100 valence electrons. The molecule has 0 radical (unpaired) electrons. The third-order valence-electron chi connectivity index (χ3n) is 3.80. The van der Waals surface area contributed by atoms with Crippen LogP contribution in [0.3, 0.4) is 0 Å². The molecule has 3 nitrogen and oxygen atoms in total. The van der Waals surface area contributed by atoms with E-state index < -0.39 is 5.54 Å². The van der Waals surface area contributed by atoms with Gasteiger partial charge in [0.1, 0.15) is 5.54 Å². The molecule has 1 fully saturated rings. The van der Waals surface area contributed by atoms with Crippen molar-refractivity contribution in [3.05, 3.63) is 0 Å². The Bertz CT molecular complexity index is 243. The van der Waals surface area contributed by atoms with Crippen molar-refractivity contribution in [2.24, 2.45) is 5.92 Å². The second kappa shape index (κ2) is 6.39. The SMILES string of the molecule is CCCC1CCC(NC(C)(C)C(=O)OC)CC1. The van der Waals surface area contributed by atoms with E-state index in [0.717, 1.165) is 5.92 Å². The van der Waals surface area contributed by atoms with Crippen LogP contribution in [0.4, 0.5) is 0 Å². The molecule has 1 aliphatic carbocycles. The van der Waals surface area contributed by atoms with Crippen molar-refractivity contribution in [3.8, 4) is 0 Å². The van der Waals surface area contributed by atoms with Gasteiger partial charge in [-0.1, -0.05) is 19.8 Å². The van der Waals surface area contributed by atoms with Gasteiger partial charge in [-0.05, 0) is 45.4 Å². The van der Waals surface area contributed by atoms with Gasteiger partial charge in [0.25, 0.3) is 0 Å². The average molecular weight is 241 g/mol. The Labute approximate surface area is 105 Å². The lowest BCUT2D eigenvalue weighted by Crippen LogP contribution is -2.52. The zero-order valence-corrected chi connectivity index (χ0v) is 11.7. The first-order valence-corrected chi connectivity index (χ1v) is 6.85. The summed E-state index contributed by atoms with van der Waals surface area (Å²) in [5, 5.41) is 3.43. The number of rotatable bonds is 5. The van der Waals surface area contributed by atoms with E-state index in [1.165, 1.54) is 45.6 Å². The standard InChI is InChI=1S/C14H27NO2/c1-5-6-11-7-9-12(10-8-11)15-14(2,3)13(16)17-4/h11-12,15H,5-10H2,1-4H3. The van der Waals surface area contributed by atoms with Gasteiger partial charge < -0.3 is 4.74 Å². The Balaban J connectivity index is 2.37. The molecule has 0 unspecified atom stereocenters. The monoisotopic (exact) mass is 241 g/mol. The fraction of sp³-hybridized carbons (Fsp3) is 0.929. The first kappa shape index (κ1) is 14.5. The van der Waals surface area contributed by atoms with Crippen LogP contribution in [0.2, 0.25) is 0 Å². The number of esters is 1. The number of carbonyl (C=O) groups is 1. The fourth-order valence-electron chi connectivity index (χ4n) is 2.83. The van der Waals surface area contributed by atoms with Gasteiger partial charge in [-0.25, -0.2) is 0 Å². The summed E-state index contributed by atoms with van der Waals surface area (Å²) in [4.78, 5) is 11.6. The highest BCUT2D eigenvalue weighted by molar-refractivity contribution is 5.79. The van der Waals surface area contributed by atoms with Crippen LogP contribution in [-0.4, -0.2) is 24.7 Å². The van der Waals surface area contributed by atoms with E-state index in [1.54, 1.807) is 0 Å². The average Bonchev–Trinajstić information content (AvgIpc) is 2.30. The largest absolute Gasteiger partial charge is 0.468 e. The fourth-order valence-corrected chi connectivity index (χ4v) is 2.83. The molecule has 0 aromatic carbocycles. The van der Waals surface area contributed by atoms with E-state index in [4.69, 9.17) is 4.74 Å². The molecule has 17 heavy (non-hydrogen) atoms. The summed E-state index contributed by atoms with van der Waals surface area (Å²) < 4.78 is 4.81. The zero-order valence-electron chi connectivity index (χ0n) is 11.7. The number of carbonyl (C=O) groups excluding carboxylic acids is 1. The topological polar surface area (TPSA) is 38.3 Å². The highest BCUT2D eigenvalue weighted by Crippen LogP contribution is 2.28. The van der Waals surface area contributed by atoms with Crippen molar-refractivity contribution in [2.75, 3.05) is 7.11 Å². The third-order valence-corrected chi connectivity index (χ3v) is 3.80. The van der Waals surface area contributed by atoms with Gasteiger partial charge >= 0.3 is 5.97 Å². The van der Waals surface area contributed by atoms with E-state index >= 15 is 0 Å². The molecule has 0 aromatic rings. The van der Waals surface area contributed by atoms with Crippen LogP contribution in [0.5, 0.6) is 0 Å². The normalized spacial score (nSPS) is 25.6. The van der Waals surface area contributed by atoms with Crippen LogP contribution in [-0.2, 0) is 9.53 Å². The molecule has 0 bridgehead atoms. The Hall–Kier alpha value is -0.570. The second-order valence-electron chi connectivity index (χ2n) is 5.77. The molecule has 0 saturated heterocycles. The van der Waals surface area contributed by atoms with Crippen molar-refractivity contribution >= 4 is 5.97 Å². The van der Waals surface area contributed by atoms with Crippen molar-refractivity contribution < 1.29 is 9.53 Å². The quantitative estimate of drug-likeness (QED) is 0.752. The first-order chi connectivity index (χ1) is 7.99.